The van der Waals surface area contributed by atoms with Crippen LogP contribution in [0.15, 0.2) is 61.1 Å². The van der Waals surface area contributed by atoms with E-state index in [4.69, 9.17) is 4.74 Å². The van der Waals surface area contributed by atoms with Crippen molar-refractivity contribution in [2.45, 2.75) is 6.10 Å². The highest BCUT2D eigenvalue weighted by Gasteiger charge is 2.29. The molecule has 0 atom stereocenters. The molecule has 3 aromatic rings. The van der Waals surface area contributed by atoms with E-state index in [-0.39, 0.29) is 6.10 Å². The van der Waals surface area contributed by atoms with Gasteiger partial charge in [0.2, 0.25) is 0 Å². The van der Waals surface area contributed by atoms with E-state index in [1.54, 1.807) is 24.7 Å². The van der Waals surface area contributed by atoms with E-state index in [9.17, 15) is 9.90 Å². The second kappa shape index (κ2) is 8.13. The lowest BCUT2D eigenvalue weighted by Gasteiger charge is -2.37. The van der Waals surface area contributed by atoms with Gasteiger partial charge in [-0.2, -0.15) is 0 Å². The van der Waals surface area contributed by atoms with Crippen molar-refractivity contribution in [3.63, 3.8) is 0 Å². The molecule has 0 amide bonds. The Hall–Kier alpha value is -3.69. The maximum Gasteiger partial charge on any atom is 0.341 e. The third kappa shape index (κ3) is 4.10. The summed E-state index contributed by atoms with van der Waals surface area (Å²) in [6.07, 6.45) is 4.77. The minimum atomic E-state index is -0.449. The molecule has 0 unspecified atom stereocenters. The first kappa shape index (κ1) is 18.7. The third-order valence-corrected chi connectivity index (χ3v) is 4.66. The zero-order valence-corrected chi connectivity index (χ0v) is 15.9. The lowest BCUT2D eigenvalue weighted by molar-refractivity contribution is 0.0599. The number of carbonyl (C=O) groups is 1. The van der Waals surface area contributed by atoms with Gasteiger partial charge in [0, 0.05) is 48.4 Å². The summed E-state index contributed by atoms with van der Waals surface area (Å²) in [4.78, 5) is 22.6. The number of hydrogen-bond donors (Lipinski definition) is 1. The number of pyridine rings is 2. The van der Waals surface area contributed by atoms with Gasteiger partial charge in [-0.15, -0.1) is 0 Å². The molecule has 1 N–H and O–H groups in total. The van der Waals surface area contributed by atoms with Crippen molar-refractivity contribution in [1.29, 1.82) is 0 Å². The Kier molecular flexibility index (Phi) is 5.23. The Labute approximate surface area is 168 Å². The fourth-order valence-electron chi connectivity index (χ4n) is 3.08. The largest absolute Gasteiger partial charge is 0.465 e. The molecule has 1 aromatic carbocycles. The van der Waals surface area contributed by atoms with Crippen LogP contribution < -0.4 is 4.90 Å². The molecule has 1 aliphatic heterocycles. The van der Waals surface area contributed by atoms with E-state index >= 15 is 0 Å². The fourth-order valence-corrected chi connectivity index (χ4v) is 3.08. The molecule has 1 saturated heterocycles. The van der Waals surface area contributed by atoms with Crippen molar-refractivity contribution < 1.29 is 14.6 Å². The third-order valence-electron chi connectivity index (χ3n) is 4.66. The molecular weight excluding hydrogens is 366 g/mol. The average molecular weight is 385 g/mol. The van der Waals surface area contributed by atoms with Crippen molar-refractivity contribution in [2.24, 2.45) is 0 Å². The SMILES string of the molecule is COC(=O)c1cc(-c2ccc(C#Cc3cccnc3)cc2)cnc1N1CC(O)C1. The van der Waals surface area contributed by atoms with E-state index in [0.29, 0.717) is 24.5 Å². The predicted molar refractivity (Wildman–Crippen MR) is 109 cm³/mol. The van der Waals surface area contributed by atoms with Gasteiger partial charge in [-0.3, -0.25) is 4.98 Å². The standard InChI is InChI=1S/C23H19N3O3/c1-29-23(28)21-11-19(13-25-22(21)26-14-20(27)15-26)18-8-6-16(7-9-18)4-5-17-3-2-10-24-12-17/h2-3,6-13,20,27H,14-15H2,1H3. The number of aromatic nitrogens is 2. The highest BCUT2D eigenvalue weighted by Crippen LogP contribution is 2.28. The Morgan fingerprint density at radius 3 is 2.52 bits per heavy atom. The monoisotopic (exact) mass is 385 g/mol. The lowest BCUT2D eigenvalue weighted by Crippen LogP contribution is -2.51. The van der Waals surface area contributed by atoms with Crippen LogP contribution in [-0.4, -0.2) is 47.3 Å². The van der Waals surface area contributed by atoms with Crippen molar-refractivity contribution >= 4 is 11.8 Å². The second-order valence-electron chi connectivity index (χ2n) is 6.71. The van der Waals surface area contributed by atoms with Gasteiger partial charge in [0.15, 0.2) is 0 Å². The quantitative estimate of drug-likeness (QED) is 0.552. The molecule has 3 heterocycles. The van der Waals surface area contributed by atoms with E-state index in [1.807, 2.05) is 41.3 Å². The summed E-state index contributed by atoms with van der Waals surface area (Å²) in [5, 5.41) is 9.54. The van der Waals surface area contributed by atoms with Crippen LogP contribution in [0, 0.1) is 11.8 Å². The predicted octanol–water partition coefficient (Wildman–Crippen LogP) is 2.51. The van der Waals surface area contributed by atoms with Gasteiger partial charge >= 0.3 is 5.97 Å². The first-order valence-corrected chi connectivity index (χ1v) is 9.18. The van der Waals surface area contributed by atoms with Gasteiger partial charge < -0.3 is 14.7 Å². The molecule has 2 aromatic heterocycles. The smallest absolute Gasteiger partial charge is 0.341 e. The maximum absolute atomic E-state index is 12.2. The van der Waals surface area contributed by atoms with Crippen molar-refractivity contribution in [3.05, 3.63) is 77.7 Å². The average Bonchev–Trinajstić information content (AvgIpc) is 2.76. The van der Waals surface area contributed by atoms with E-state index in [0.717, 1.165) is 22.3 Å². The van der Waals surface area contributed by atoms with Crippen molar-refractivity contribution in [2.75, 3.05) is 25.1 Å². The van der Waals surface area contributed by atoms with Crippen LogP contribution in [0.2, 0.25) is 0 Å². The van der Waals surface area contributed by atoms with Crippen LogP contribution in [0.3, 0.4) is 0 Å². The number of methoxy groups -OCH3 is 1. The van der Waals surface area contributed by atoms with E-state index in [1.165, 1.54) is 7.11 Å². The number of anilines is 1. The van der Waals surface area contributed by atoms with Gasteiger partial charge in [-0.05, 0) is 35.9 Å². The van der Waals surface area contributed by atoms with Crippen LogP contribution in [0.25, 0.3) is 11.1 Å². The summed E-state index contributed by atoms with van der Waals surface area (Å²) in [5.74, 6) is 6.27. The Morgan fingerprint density at radius 1 is 1.10 bits per heavy atom. The molecule has 0 radical (unpaired) electrons. The minimum Gasteiger partial charge on any atom is -0.465 e. The summed E-state index contributed by atoms with van der Waals surface area (Å²) in [6, 6.07) is 13.3. The van der Waals surface area contributed by atoms with Crippen LogP contribution in [0.1, 0.15) is 21.5 Å². The van der Waals surface area contributed by atoms with Crippen LogP contribution in [0.5, 0.6) is 0 Å². The molecular formula is C23H19N3O3. The number of ether oxygens (including phenoxy) is 1. The van der Waals surface area contributed by atoms with E-state index < -0.39 is 5.97 Å². The number of hydrogen-bond acceptors (Lipinski definition) is 6. The second-order valence-corrected chi connectivity index (χ2v) is 6.71. The first-order chi connectivity index (χ1) is 14.1. The van der Waals surface area contributed by atoms with Crippen LogP contribution in [0.4, 0.5) is 5.82 Å². The first-order valence-electron chi connectivity index (χ1n) is 9.18. The molecule has 0 saturated carbocycles. The zero-order chi connectivity index (χ0) is 20.2. The van der Waals surface area contributed by atoms with Gasteiger partial charge in [-0.25, -0.2) is 9.78 Å². The summed E-state index contributed by atoms with van der Waals surface area (Å²) in [6.45, 7) is 0.918. The topological polar surface area (TPSA) is 75.5 Å². The van der Waals surface area contributed by atoms with Crippen molar-refractivity contribution in [3.8, 4) is 23.0 Å². The molecule has 0 aliphatic carbocycles. The lowest BCUT2D eigenvalue weighted by atomic mass is 10.0. The van der Waals surface area contributed by atoms with Crippen LogP contribution >= 0.6 is 0 Å². The number of β-amino-alcohol motifs (C(OH)–C–C–N with tert-alkyl or cyclic N) is 1. The number of aliphatic hydroxyl groups is 1. The molecule has 29 heavy (non-hydrogen) atoms. The van der Waals surface area contributed by atoms with Crippen LogP contribution in [-0.2, 0) is 4.74 Å². The molecule has 0 spiro atoms. The normalized spacial score (nSPS) is 13.2. The molecule has 144 valence electrons. The highest BCUT2D eigenvalue weighted by molar-refractivity contribution is 5.96. The number of benzene rings is 1. The zero-order valence-electron chi connectivity index (χ0n) is 15.9. The number of aliphatic hydroxyl groups excluding tert-OH is 1. The van der Waals surface area contributed by atoms with Gasteiger partial charge in [0.05, 0.1) is 13.2 Å². The van der Waals surface area contributed by atoms with Gasteiger partial charge in [-0.1, -0.05) is 24.0 Å². The summed E-state index contributed by atoms with van der Waals surface area (Å²) >= 11 is 0. The molecule has 0 bridgehead atoms. The Bertz CT molecular complexity index is 1080. The molecule has 4 rings (SSSR count). The highest BCUT2D eigenvalue weighted by atomic mass is 16.5. The number of carbonyl (C=O) groups excluding carboxylic acids is 1. The number of rotatable bonds is 3. The van der Waals surface area contributed by atoms with Gasteiger partial charge in [0.25, 0.3) is 0 Å². The summed E-state index contributed by atoms with van der Waals surface area (Å²) < 4.78 is 4.92. The number of nitrogens with zero attached hydrogens (tertiary/aromatic N) is 3. The minimum absolute atomic E-state index is 0.386. The molecule has 1 fully saturated rings. The molecule has 6 heteroatoms. The Morgan fingerprint density at radius 2 is 1.86 bits per heavy atom. The summed E-state index contributed by atoms with van der Waals surface area (Å²) in [5.41, 5.74) is 3.85. The maximum atomic E-state index is 12.2. The van der Waals surface area contributed by atoms with Crippen molar-refractivity contribution in [1.82, 2.24) is 9.97 Å². The number of esters is 1. The Balaban J connectivity index is 1.59. The summed E-state index contributed by atoms with van der Waals surface area (Å²) in [7, 11) is 1.35. The molecule has 1 aliphatic rings. The fraction of sp³-hybridized carbons (Fsp3) is 0.174. The van der Waals surface area contributed by atoms with E-state index in [2.05, 4.69) is 21.8 Å². The van der Waals surface area contributed by atoms with Gasteiger partial charge in [0.1, 0.15) is 11.4 Å². The molecule has 6 nitrogen and oxygen atoms in total.